The molecular weight excluding hydrogens is 434 g/mol. The molecule has 1 aromatic carbocycles. The van der Waals surface area contributed by atoms with Gasteiger partial charge in [0, 0.05) is 5.69 Å². The van der Waals surface area contributed by atoms with Crippen LogP contribution in [0.25, 0.3) is 10.2 Å². The van der Waals surface area contributed by atoms with Crippen molar-refractivity contribution in [2.24, 2.45) is 0 Å². The highest BCUT2D eigenvalue weighted by atomic mass is 32.1. The number of unbranched alkanes of at least 4 members (excludes halogenated alkanes) is 3. The minimum atomic E-state index is -0.242. The number of fused-ring (bicyclic) bond motifs is 1. The fourth-order valence-corrected chi connectivity index (χ4v) is 5.27. The highest BCUT2D eigenvalue weighted by Gasteiger charge is 2.24. The number of anilines is 2. The van der Waals surface area contributed by atoms with Gasteiger partial charge in [-0.15, -0.1) is 11.3 Å². The van der Waals surface area contributed by atoms with E-state index in [4.69, 9.17) is 9.47 Å². The normalized spacial score (nSPS) is 14.4. The van der Waals surface area contributed by atoms with E-state index in [1.807, 2.05) is 31.2 Å². The van der Waals surface area contributed by atoms with Crippen molar-refractivity contribution in [3.05, 3.63) is 41.0 Å². The molecule has 2 aromatic heterocycles. The van der Waals surface area contributed by atoms with E-state index in [2.05, 4.69) is 22.2 Å². The summed E-state index contributed by atoms with van der Waals surface area (Å²) in [7, 11) is 0. The highest BCUT2D eigenvalue weighted by molar-refractivity contribution is 7.20. The van der Waals surface area contributed by atoms with Gasteiger partial charge in [-0.2, -0.15) is 0 Å². The number of aromatic nitrogens is 2. The smallest absolute Gasteiger partial charge is 0.348 e. The third-order valence-electron chi connectivity index (χ3n) is 6.12. The van der Waals surface area contributed by atoms with Gasteiger partial charge in [-0.05, 0) is 68.9 Å². The Kier molecular flexibility index (Phi) is 8.15. The monoisotopic (exact) mass is 467 g/mol. The molecule has 1 N–H and O–H groups in total. The third kappa shape index (κ3) is 6.02. The number of nitrogens with zero attached hydrogens (tertiary/aromatic N) is 2. The van der Waals surface area contributed by atoms with Crippen molar-refractivity contribution in [1.82, 2.24) is 9.97 Å². The summed E-state index contributed by atoms with van der Waals surface area (Å²) in [6.07, 6.45) is 11.7. The summed E-state index contributed by atoms with van der Waals surface area (Å²) in [6.45, 7) is 4.90. The van der Waals surface area contributed by atoms with E-state index >= 15 is 0 Å². The summed E-state index contributed by atoms with van der Waals surface area (Å²) in [5.74, 6) is 1.32. The van der Waals surface area contributed by atoms with Gasteiger partial charge < -0.3 is 14.8 Å². The van der Waals surface area contributed by atoms with Crippen LogP contribution in [0, 0.1) is 6.92 Å². The van der Waals surface area contributed by atoms with Gasteiger partial charge in [0.25, 0.3) is 0 Å². The topological polar surface area (TPSA) is 73.3 Å². The number of hydrogen-bond donors (Lipinski definition) is 1. The van der Waals surface area contributed by atoms with Gasteiger partial charge in [0.05, 0.1) is 12.0 Å². The Morgan fingerprint density at radius 3 is 2.64 bits per heavy atom. The molecule has 33 heavy (non-hydrogen) atoms. The molecule has 0 radical (unpaired) electrons. The first-order valence-corrected chi connectivity index (χ1v) is 12.9. The lowest BCUT2D eigenvalue weighted by Crippen LogP contribution is -2.20. The zero-order valence-corrected chi connectivity index (χ0v) is 20.4. The van der Waals surface area contributed by atoms with Crippen molar-refractivity contribution in [3.8, 4) is 5.75 Å². The van der Waals surface area contributed by atoms with Crippen molar-refractivity contribution >= 4 is 39.0 Å². The van der Waals surface area contributed by atoms with Crippen LogP contribution in [-0.2, 0) is 4.74 Å². The minimum Gasteiger partial charge on any atom is -0.494 e. The second-order valence-corrected chi connectivity index (χ2v) is 9.68. The molecule has 0 saturated heterocycles. The van der Waals surface area contributed by atoms with Crippen LogP contribution in [0.2, 0.25) is 0 Å². The van der Waals surface area contributed by atoms with Crippen LogP contribution in [0.3, 0.4) is 0 Å². The molecule has 0 amide bonds. The number of hydrogen-bond acceptors (Lipinski definition) is 7. The number of nitrogens with one attached hydrogen (secondary N) is 1. The van der Waals surface area contributed by atoms with Crippen LogP contribution in [-0.4, -0.2) is 28.6 Å². The molecule has 7 heteroatoms. The summed E-state index contributed by atoms with van der Waals surface area (Å²) in [5.41, 5.74) is 1.77. The Labute approximate surface area is 199 Å². The lowest BCUT2D eigenvalue weighted by molar-refractivity contribution is 0.0216. The summed E-state index contributed by atoms with van der Waals surface area (Å²) >= 11 is 1.38. The van der Waals surface area contributed by atoms with Crippen molar-refractivity contribution in [3.63, 3.8) is 0 Å². The van der Waals surface area contributed by atoms with Crippen LogP contribution in [0.4, 0.5) is 11.5 Å². The Bertz CT molecular complexity index is 1060. The van der Waals surface area contributed by atoms with Gasteiger partial charge in [-0.25, -0.2) is 14.8 Å². The van der Waals surface area contributed by atoms with Crippen molar-refractivity contribution in [1.29, 1.82) is 0 Å². The average molecular weight is 468 g/mol. The molecule has 6 nitrogen and oxygen atoms in total. The molecule has 0 aliphatic heterocycles. The highest BCUT2D eigenvalue weighted by Crippen LogP contribution is 2.35. The van der Waals surface area contributed by atoms with Gasteiger partial charge in [-0.1, -0.05) is 32.6 Å². The van der Waals surface area contributed by atoms with E-state index in [1.54, 1.807) is 0 Å². The summed E-state index contributed by atoms with van der Waals surface area (Å²) in [4.78, 5) is 23.1. The van der Waals surface area contributed by atoms with Crippen LogP contribution in [0.1, 0.15) is 79.9 Å². The quantitative estimate of drug-likeness (QED) is 0.251. The Morgan fingerprint density at radius 1 is 1.09 bits per heavy atom. The SMILES string of the molecule is CCCCCCOc1ccc(Nc2ncnc3sc(C(=O)OC4CCCCC4)c(C)c23)cc1. The maximum Gasteiger partial charge on any atom is 0.348 e. The molecule has 2 heterocycles. The second-order valence-electron chi connectivity index (χ2n) is 8.68. The molecular formula is C26H33N3O3S. The Hall–Kier alpha value is -2.67. The molecule has 3 aromatic rings. The fourth-order valence-electron chi connectivity index (χ4n) is 4.24. The molecule has 0 spiro atoms. The number of aryl methyl sites for hydroxylation is 1. The fraction of sp³-hybridized carbons (Fsp3) is 0.500. The molecule has 1 aliphatic carbocycles. The molecule has 0 bridgehead atoms. The van der Waals surface area contributed by atoms with Gasteiger partial charge in [-0.3, -0.25) is 0 Å². The summed E-state index contributed by atoms with van der Waals surface area (Å²) in [6, 6.07) is 7.90. The van der Waals surface area contributed by atoms with E-state index in [9.17, 15) is 4.79 Å². The first-order chi connectivity index (χ1) is 16.2. The van der Waals surface area contributed by atoms with Crippen molar-refractivity contribution in [2.45, 2.75) is 77.7 Å². The molecule has 0 atom stereocenters. The van der Waals surface area contributed by atoms with E-state index in [0.29, 0.717) is 10.7 Å². The standard InChI is InChI=1S/C26H33N3O3S/c1-3-4-5-9-16-31-20-14-12-19(13-15-20)29-24-22-18(2)23(33-25(22)28-17-27-24)26(30)32-21-10-7-6-8-11-21/h12-15,17,21H,3-11,16H2,1-2H3,(H,27,28,29). The number of ether oxygens (including phenoxy) is 2. The second kappa shape index (κ2) is 11.5. The van der Waals surface area contributed by atoms with E-state index < -0.39 is 0 Å². The number of carbonyl (C=O) groups is 1. The van der Waals surface area contributed by atoms with E-state index in [-0.39, 0.29) is 12.1 Å². The maximum absolute atomic E-state index is 12.9. The Balaban J connectivity index is 1.44. The number of benzene rings is 1. The molecule has 1 aliphatic rings. The molecule has 0 unspecified atom stereocenters. The summed E-state index contributed by atoms with van der Waals surface area (Å²) in [5, 5.41) is 4.25. The maximum atomic E-state index is 12.9. The lowest BCUT2D eigenvalue weighted by atomic mass is 9.98. The minimum absolute atomic E-state index is 0.0342. The van der Waals surface area contributed by atoms with Gasteiger partial charge in [0.15, 0.2) is 0 Å². The van der Waals surface area contributed by atoms with Gasteiger partial charge >= 0.3 is 5.97 Å². The van der Waals surface area contributed by atoms with Crippen LogP contribution < -0.4 is 10.1 Å². The van der Waals surface area contributed by atoms with Crippen LogP contribution in [0.15, 0.2) is 30.6 Å². The molecule has 4 rings (SSSR count). The number of thiophene rings is 1. The first-order valence-electron chi connectivity index (χ1n) is 12.1. The van der Waals surface area contributed by atoms with Gasteiger partial charge in [0.1, 0.15) is 33.7 Å². The molecule has 176 valence electrons. The zero-order chi connectivity index (χ0) is 23.0. The zero-order valence-electron chi connectivity index (χ0n) is 19.6. The lowest BCUT2D eigenvalue weighted by Gasteiger charge is -2.21. The third-order valence-corrected chi connectivity index (χ3v) is 7.30. The van der Waals surface area contributed by atoms with Crippen molar-refractivity contribution < 1.29 is 14.3 Å². The summed E-state index contributed by atoms with van der Waals surface area (Å²) < 4.78 is 11.6. The predicted octanol–water partition coefficient (Wildman–Crippen LogP) is 7.19. The van der Waals surface area contributed by atoms with Crippen LogP contribution in [0.5, 0.6) is 5.75 Å². The largest absolute Gasteiger partial charge is 0.494 e. The first kappa shape index (κ1) is 23.5. The van der Waals surface area contributed by atoms with E-state index in [0.717, 1.165) is 65.9 Å². The van der Waals surface area contributed by atoms with Crippen molar-refractivity contribution in [2.75, 3.05) is 11.9 Å². The number of carbonyl (C=O) groups excluding carboxylic acids is 1. The van der Waals surface area contributed by atoms with E-state index in [1.165, 1.54) is 43.3 Å². The molecule has 1 fully saturated rings. The van der Waals surface area contributed by atoms with Crippen LogP contribution >= 0.6 is 11.3 Å². The molecule has 1 saturated carbocycles. The average Bonchev–Trinajstić information content (AvgIpc) is 3.18. The number of esters is 1. The number of rotatable bonds is 10. The Morgan fingerprint density at radius 2 is 1.88 bits per heavy atom. The van der Waals surface area contributed by atoms with Gasteiger partial charge in [0.2, 0.25) is 0 Å². The predicted molar refractivity (Wildman–Crippen MR) is 134 cm³/mol.